The molecule has 2 aromatic rings. The molecule has 0 bridgehead atoms. The van der Waals surface area contributed by atoms with Crippen LogP contribution in [0.2, 0.25) is 10.0 Å². The van der Waals surface area contributed by atoms with Crippen molar-refractivity contribution in [1.29, 1.82) is 0 Å². The molecule has 0 aliphatic heterocycles. The minimum atomic E-state index is -0.676. The molecule has 1 unspecified atom stereocenters. The number of carbonyl (C=O) groups is 1. The third kappa shape index (κ3) is 3.46. The standard InChI is InChI=1S/C25H21Cl2FO3/c1-12-15(23-19(26)3-2-4-20(23)27)7-8-21(28)18(12)11-31-14-5-6-16-13(9-14)10-17-22(16)24(17)25(29)30/h2-5,7-9,16-17,22,24H,6,10-11H2,1H3,(H,29,30)/t16?,17-,22+,24+/m1/s1. The van der Waals surface area contributed by atoms with E-state index in [1.54, 1.807) is 24.3 Å². The average molecular weight is 459 g/mol. The fourth-order valence-corrected chi connectivity index (χ4v) is 5.97. The lowest BCUT2D eigenvalue weighted by molar-refractivity contribution is -0.139. The summed E-state index contributed by atoms with van der Waals surface area (Å²) in [5, 5.41) is 10.3. The highest BCUT2D eigenvalue weighted by Gasteiger charge is 2.63. The number of hydrogen-bond acceptors (Lipinski definition) is 2. The van der Waals surface area contributed by atoms with Crippen LogP contribution < -0.4 is 0 Å². The molecule has 0 amide bonds. The molecular formula is C25H21Cl2FO3. The Kier molecular flexibility index (Phi) is 5.10. The molecule has 0 heterocycles. The number of hydrogen-bond donors (Lipinski definition) is 1. The second-order valence-corrected chi connectivity index (χ2v) is 9.38. The third-order valence-corrected chi connectivity index (χ3v) is 7.61. The van der Waals surface area contributed by atoms with E-state index in [-0.39, 0.29) is 30.2 Å². The van der Waals surface area contributed by atoms with Gasteiger partial charge < -0.3 is 9.84 Å². The predicted molar refractivity (Wildman–Crippen MR) is 118 cm³/mol. The van der Waals surface area contributed by atoms with E-state index in [4.69, 9.17) is 27.9 Å². The molecule has 5 rings (SSSR count). The molecule has 31 heavy (non-hydrogen) atoms. The summed E-state index contributed by atoms with van der Waals surface area (Å²) in [6.07, 6.45) is 5.61. The van der Waals surface area contributed by atoms with Crippen LogP contribution in [0.4, 0.5) is 4.39 Å². The van der Waals surface area contributed by atoms with Gasteiger partial charge in [-0.3, -0.25) is 4.79 Å². The van der Waals surface area contributed by atoms with Crippen molar-refractivity contribution >= 4 is 29.2 Å². The van der Waals surface area contributed by atoms with Gasteiger partial charge >= 0.3 is 5.97 Å². The molecule has 3 aliphatic rings. The van der Waals surface area contributed by atoms with Crippen molar-refractivity contribution in [2.24, 2.45) is 23.7 Å². The van der Waals surface area contributed by atoms with Crippen molar-refractivity contribution in [3.05, 3.63) is 80.8 Å². The van der Waals surface area contributed by atoms with Crippen LogP contribution in [0.5, 0.6) is 0 Å². The first-order chi connectivity index (χ1) is 14.9. The molecule has 0 spiro atoms. The van der Waals surface area contributed by atoms with Crippen LogP contribution in [0.15, 0.2) is 53.8 Å². The normalized spacial score (nSPS) is 25.9. The Balaban J connectivity index is 1.34. The zero-order valence-corrected chi connectivity index (χ0v) is 18.4. The summed E-state index contributed by atoms with van der Waals surface area (Å²) in [6.45, 7) is 1.94. The summed E-state index contributed by atoms with van der Waals surface area (Å²) in [5.74, 6) is 0.356. The summed E-state index contributed by atoms with van der Waals surface area (Å²) in [6, 6.07) is 8.41. The number of aliphatic carboxylic acids is 1. The molecule has 2 saturated carbocycles. The lowest BCUT2D eigenvalue weighted by Crippen LogP contribution is -2.14. The third-order valence-electron chi connectivity index (χ3n) is 6.98. The smallest absolute Gasteiger partial charge is 0.307 e. The van der Waals surface area contributed by atoms with E-state index < -0.39 is 5.97 Å². The molecule has 3 aliphatic carbocycles. The number of carboxylic acid groups (broad SMARTS) is 1. The Morgan fingerprint density at radius 3 is 2.68 bits per heavy atom. The van der Waals surface area contributed by atoms with Gasteiger partial charge in [0, 0.05) is 21.2 Å². The van der Waals surface area contributed by atoms with Gasteiger partial charge in [-0.2, -0.15) is 0 Å². The van der Waals surface area contributed by atoms with Crippen LogP contribution in [0, 0.1) is 36.4 Å². The molecule has 6 heteroatoms. The highest BCUT2D eigenvalue weighted by atomic mass is 35.5. The number of fused-ring (bicyclic) bond motifs is 3. The van der Waals surface area contributed by atoms with Crippen LogP contribution in [0.3, 0.4) is 0 Å². The van der Waals surface area contributed by atoms with Crippen molar-refractivity contribution in [1.82, 2.24) is 0 Å². The van der Waals surface area contributed by atoms with Crippen molar-refractivity contribution in [2.45, 2.75) is 26.4 Å². The van der Waals surface area contributed by atoms with E-state index in [1.165, 1.54) is 11.6 Å². The van der Waals surface area contributed by atoms with Crippen molar-refractivity contribution in [3.63, 3.8) is 0 Å². The maximum atomic E-state index is 14.7. The van der Waals surface area contributed by atoms with Gasteiger partial charge in [-0.05, 0) is 79.0 Å². The number of benzene rings is 2. The number of halogens is 3. The van der Waals surface area contributed by atoms with E-state index in [0.29, 0.717) is 27.1 Å². The average Bonchev–Trinajstić information content (AvgIpc) is 3.32. The zero-order valence-electron chi connectivity index (χ0n) is 16.9. The fraction of sp³-hybridized carbons (Fsp3) is 0.320. The zero-order chi connectivity index (χ0) is 21.9. The van der Waals surface area contributed by atoms with Gasteiger partial charge in [-0.25, -0.2) is 4.39 Å². The Morgan fingerprint density at radius 2 is 1.97 bits per heavy atom. The van der Waals surface area contributed by atoms with Crippen LogP contribution in [0.25, 0.3) is 11.1 Å². The quantitative estimate of drug-likeness (QED) is 0.535. The molecule has 4 atom stereocenters. The minimum absolute atomic E-state index is 0.0957. The van der Waals surface area contributed by atoms with Gasteiger partial charge in [-0.1, -0.05) is 40.9 Å². The molecule has 1 N–H and O–H groups in total. The molecular weight excluding hydrogens is 438 g/mol. The summed E-state index contributed by atoms with van der Waals surface area (Å²) >= 11 is 12.7. The highest BCUT2D eigenvalue weighted by molar-refractivity contribution is 6.39. The number of carboxylic acids is 1. The van der Waals surface area contributed by atoms with Gasteiger partial charge in [-0.15, -0.1) is 0 Å². The maximum Gasteiger partial charge on any atom is 0.307 e. The molecule has 2 aromatic carbocycles. The second-order valence-electron chi connectivity index (χ2n) is 8.56. The summed E-state index contributed by atoms with van der Waals surface area (Å²) in [7, 11) is 0. The monoisotopic (exact) mass is 458 g/mol. The highest BCUT2D eigenvalue weighted by Crippen LogP contribution is 2.64. The molecule has 2 fully saturated rings. The van der Waals surface area contributed by atoms with E-state index >= 15 is 0 Å². The van der Waals surface area contributed by atoms with Crippen LogP contribution >= 0.6 is 23.2 Å². The Bertz CT molecular complexity index is 1130. The number of ether oxygens (including phenoxy) is 1. The predicted octanol–water partition coefficient (Wildman–Crippen LogP) is 6.81. The van der Waals surface area contributed by atoms with E-state index in [1.807, 2.05) is 19.1 Å². The van der Waals surface area contributed by atoms with E-state index in [2.05, 4.69) is 0 Å². The lowest BCUT2D eigenvalue weighted by Gasteiger charge is -2.22. The van der Waals surface area contributed by atoms with Gasteiger partial charge in [0.2, 0.25) is 0 Å². The lowest BCUT2D eigenvalue weighted by atomic mass is 9.87. The maximum absolute atomic E-state index is 14.7. The largest absolute Gasteiger partial charge is 0.489 e. The molecule has 0 radical (unpaired) electrons. The van der Waals surface area contributed by atoms with Crippen LogP contribution in [-0.2, 0) is 16.1 Å². The fourth-order valence-electron chi connectivity index (χ4n) is 5.37. The van der Waals surface area contributed by atoms with Gasteiger partial charge in [0.25, 0.3) is 0 Å². The van der Waals surface area contributed by atoms with E-state index in [0.717, 1.165) is 29.7 Å². The Morgan fingerprint density at radius 1 is 1.23 bits per heavy atom. The first-order valence-electron chi connectivity index (χ1n) is 10.4. The summed E-state index contributed by atoms with van der Waals surface area (Å²) < 4.78 is 20.6. The number of allylic oxidation sites excluding steroid dienone is 3. The molecule has 0 saturated heterocycles. The molecule has 0 aromatic heterocycles. The van der Waals surface area contributed by atoms with Crippen molar-refractivity contribution in [2.75, 3.05) is 0 Å². The van der Waals surface area contributed by atoms with Crippen molar-refractivity contribution < 1.29 is 19.0 Å². The topological polar surface area (TPSA) is 46.5 Å². The Hall–Kier alpha value is -2.30. The van der Waals surface area contributed by atoms with Gasteiger partial charge in [0.05, 0.1) is 5.92 Å². The first kappa shape index (κ1) is 20.6. The molecule has 3 nitrogen and oxygen atoms in total. The minimum Gasteiger partial charge on any atom is -0.489 e. The van der Waals surface area contributed by atoms with Gasteiger partial charge in [0.1, 0.15) is 18.2 Å². The summed E-state index contributed by atoms with van der Waals surface area (Å²) in [5.41, 5.74) is 3.93. The SMILES string of the molecule is Cc1c(-c2c(Cl)cccc2Cl)ccc(F)c1COC1=CCC2C(=C1)C[C@H]1[C@H](C(=O)O)[C@@H]21. The Labute approximate surface area is 190 Å². The first-order valence-corrected chi connectivity index (χ1v) is 11.1. The van der Waals surface area contributed by atoms with Gasteiger partial charge in [0.15, 0.2) is 0 Å². The van der Waals surface area contributed by atoms with Crippen LogP contribution in [0.1, 0.15) is 24.0 Å². The second kappa shape index (κ2) is 7.68. The summed E-state index contributed by atoms with van der Waals surface area (Å²) in [4.78, 5) is 11.3. The van der Waals surface area contributed by atoms with E-state index in [9.17, 15) is 14.3 Å². The molecule has 160 valence electrons. The number of rotatable bonds is 5. The van der Waals surface area contributed by atoms with Crippen molar-refractivity contribution in [3.8, 4) is 11.1 Å². The van der Waals surface area contributed by atoms with Crippen LogP contribution in [-0.4, -0.2) is 11.1 Å².